The Kier molecular flexibility index (Phi) is 4.76. The predicted molar refractivity (Wildman–Crippen MR) is 93.8 cm³/mol. The summed E-state index contributed by atoms with van der Waals surface area (Å²) in [5.74, 6) is -2.08. The lowest BCUT2D eigenvalue weighted by Crippen LogP contribution is -2.40. The van der Waals surface area contributed by atoms with Gasteiger partial charge in [-0.05, 0) is 35.2 Å². The molecular weight excluding hydrogens is 342 g/mol. The number of sulfone groups is 1. The van der Waals surface area contributed by atoms with Crippen LogP contribution in [0.15, 0.2) is 42.5 Å². The van der Waals surface area contributed by atoms with Gasteiger partial charge in [0.2, 0.25) is 5.91 Å². The van der Waals surface area contributed by atoms with Crippen molar-refractivity contribution in [2.75, 3.05) is 11.5 Å². The standard InChI is InChI=1S/C18H19NO5S/c20-17(13-7-9-25(23,24)10-8-13)19-16(18(21)22)15-6-5-12-3-1-2-4-14(12)11-15/h1-6,11,13,16H,7-10H2,(H,19,20)(H,21,22). The van der Waals surface area contributed by atoms with E-state index in [1.807, 2.05) is 30.3 Å². The minimum Gasteiger partial charge on any atom is -0.479 e. The maximum absolute atomic E-state index is 12.4. The second kappa shape index (κ2) is 6.84. The number of carbonyl (C=O) groups excluding carboxylic acids is 1. The molecule has 1 fully saturated rings. The Bertz CT molecular complexity index is 908. The third kappa shape index (κ3) is 3.99. The topological polar surface area (TPSA) is 101 Å². The van der Waals surface area contributed by atoms with E-state index in [1.54, 1.807) is 12.1 Å². The Balaban J connectivity index is 1.79. The van der Waals surface area contributed by atoms with Crippen molar-refractivity contribution in [3.63, 3.8) is 0 Å². The predicted octanol–water partition coefficient (Wildman–Crippen LogP) is 1.91. The van der Waals surface area contributed by atoms with Crippen LogP contribution in [0.2, 0.25) is 0 Å². The van der Waals surface area contributed by atoms with Crippen LogP contribution in [0.1, 0.15) is 24.4 Å². The molecule has 132 valence electrons. The van der Waals surface area contributed by atoms with Crippen molar-refractivity contribution in [1.82, 2.24) is 5.32 Å². The zero-order valence-electron chi connectivity index (χ0n) is 13.5. The second-order valence-electron chi connectivity index (χ2n) is 6.31. The summed E-state index contributed by atoms with van der Waals surface area (Å²) in [6.45, 7) is 0. The molecule has 1 aliphatic heterocycles. The normalized spacial score (nSPS) is 18.6. The van der Waals surface area contributed by atoms with Gasteiger partial charge < -0.3 is 10.4 Å². The molecule has 7 heteroatoms. The fraction of sp³-hybridized carbons (Fsp3) is 0.333. The number of carboxylic acids is 1. The van der Waals surface area contributed by atoms with Gasteiger partial charge in [-0.25, -0.2) is 13.2 Å². The lowest BCUT2D eigenvalue weighted by atomic mass is 9.98. The van der Waals surface area contributed by atoms with Crippen LogP contribution in [0.5, 0.6) is 0 Å². The third-order valence-corrected chi connectivity index (χ3v) is 6.28. The molecule has 6 nitrogen and oxygen atoms in total. The van der Waals surface area contributed by atoms with Crippen LogP contribution >= 0.6 is 0 Å². The first kappa shape index (κ1) is 17.4. The molecule has 1 saturated heterocycles. The van der Waals surface area contributed by atoms with Crippen molar-refractivity contribution in [3.05, 3.63) is 48.0 Å². The van der Waals surface area contributed by atoms with Gasteiger partial charge in [-0.2, -0.15) is 0 Å². The molecule has 1 unspecified atom stereocenters. The molecular formula is C18H19NO5S. The first-order valence-corrected chi connectivity index (χ1v) is 9.90. The summed E-state index contributed by atoms with van der Waals surface area (Å²) >= 11 is 0. The minimum absolute atomic E-state index is 0.0290. The van der Waals surface area contributed by atoms with Crippen LogP contribution in [0.25, 0.3) is 10.8 Å². The Morgan fingerprint density at radius 1 is 1.04 bits per heavy atom. The molecule has 2 aromatic carbocycles. The highest BCUT2D eigenvalue weighted by atomic mass is 32.2. The summed E-state index contributed by atoms with van der Waals surface area (Å²) in [6.07, 6.45) is 0.469. The third-order valence-electron chi connectivity index (χ3n) is 4.57. The fourth-order valence-electron chi connectivity index (χ4n) is 3.09. The number of aliphatic carboxylic acids is 1. The van der Waals surface area contributed by atoms with Gasteiger partial charge in [0.1, 0.15) is 9.84 Å². The molecule has 0 saturated carbocycles. The molecule has 1 heterocycles. The van der Waals surface area contributed by atoms with Gasteiger partial charge in [0, 0.05) is 5.92 Å². The van der Waals surface area contributed by atoms with E-state index in [9.17, 15) is 23.1 Å². The molecule has 3 rings (SSSR count). The van der Waals surface area contributed by atoms with Crippen LogP contribution in [0, 0.1) is 5.92 Å². The van der Waals surface area contributed by atoms with Crippen LogP contribution in [0.4, 0.5) is 0 Å². The summed E-state index contributed by atoms with van der Waals surface area (Å²) in [4.78, 5) is 24.0. The van der Waals surface area contributed by atoms with Crippen molar-refractivity contribution in [3.8, 4) is 0 Å². The fourth-order valence-corrected chi connectivity index (χ4v) is 4.58. The SMILES string of the molecule is O=C(NC(C(=O)O)c1ccc2ccccc2c1)C1CCS(=O)(=O)CC1. The summed E-state index contributed by atoms with van der Waals surface area (Å²) in [5, 5.41) is 14.0. The maximum Gasteiger partial charge on any atom is 0.330 e. The highest BCUT2D eigenvalue weighted by Gasteiger charge is 2.31. The average molecular weight is 361 g/mol. The number of carbonyl (C=O) groups is 2. The van der Waals surface area contributed by atoms with Gasteiger partial charge in [-0.3, -0.25) is 4.79 Å². The highest BCUT2D eigenvalue weighted by molar-refractivity contribution is 7.91. The summed E-state index contributed by atoms with van der Waals surface area (Å²) in [6, 6.07) is 11.7. The molecule has 0 aromatic heterocycles. The molecule has 2 N–H and O–H groups in total. The average Bonchev–Trinajstić information content (AvgIpc) is 2.58. The van der Waals surface area contributed by atoms with Crippen molar-refractivity contribution >= 4 is 32.5 Å². The molecule has 1 amide bonds. The van der Waals surface area contributed by atoms with E-state index in [-0.39, 0.29) is 24.3 Å². The van der Waals surface area contributed by atoms with E-state index >= 15 is 0 Å². The van der Waals surface area contributed by atoms with Crippen LogP contribution < -0.4 is 5.32 Å². The molecule has 0 radical (unpaired) electrons. The molecule has 0 spiro atoms. The van der Waals surface area contributed by atoms with Crippen molar-refractivity contribution in [1.29, 1.82) is 0 Å². The summed E-state index contributed by atoms with van der Waals surface area (Å²) < 4.78 is 22.9. The Morgan fingerprint density at radius 2 is 1.68 bits per heavy atom. The molecule has 25 heavy (non-hydrogen) atoms. The highest BCUT2D eigenvalue weighted by Crippen LogP contribution is 2.23. The summed E-state index contributed by atoms with van der Waals surface area (Å²) in [7, 11) is -3.07. The molecule has 0 bridgehead atoms. The van der Waals surface area contributed by atoms with Crippen molar-refractivity contribution in [2.45, 2.75) is 18.9 Å². The zero-order chi connectivity index (χ0) is 18.0. The van der Waals surface area contributed by atoms with Gasteiger partial charge >= 0.3 is 5.97 Å². The number of fused-ring (bicyclic) bond motifs is 1. The lowest BCUT2D eigenvalue weighted by Gasteiger charge is -2.23. The van der Waals surface area contributed by atoms with Gasteiger partial charge in [0.05, 0.1) is 11.5 Å². The van der Waals surface area contributed by atoms with Gasteiger partial charge in [0.25, 0.3) is 0 Å². The number of carboxylic acid groups (broad SMARTS) is 1. The van der Waals surface area contributed by atoms with Crippen LogP contribution in [-0.4, -0.2) is 36.9 Å². The van der Waals surface area contributed by atoms with Crippen molar-refractivity contribution in [2.24, 2.45) is 5.92 Å². The number of benzene rings is 2. The van der Waals surface area contributed by atoms with Gasteiger partial charge in [-0.15, -0.1) is 0 Å². The quantitative estimate of drug-likeness (QED) is 0.866. The first-order valence-electron chi connectivity index (χ1n) is 8.08. The number of hydrogen-bond donors (Lipinski definition) is 2. The summed E-state index contributed by atoms with van der Waals surface area (Å²) in [5.41, 5.74) is 0.489. The molecule has 0 aliphatic carbocycles. The van der Waals surface area contributed by atoms with E-state index in [4.69, 9.17) is 0 Å². The lowest BCUT2D eigenvalue weighted by molar-refractivity contribution is -0.142. The number of hydrogen-bond acceptors (Lipinski definition) is 4. The Hall–Kier alpha value is -2.41. The smallest absolute Gasteiger partial charge is 0.330 e. The second-order valence-corrected chi connectivity index (χ2v) is 8.62. The van der Waals surface area contributed by atoms with Gasteiger partial charge in [-0.1, -0.05) is 36.4 Å². The molecule has 1 atom stereocenters. The zero-order valence-corrected chi connectivity index (χ0v) is 14.3. The molecule has 2 aromatic rings. The van der Waals surface area contributed by atoms with Gasteiger partial charge in [0.15, 0.2) is 6.04 Å². The van der Waals surface area contributed by atoms with Crippen molar-refractivity contribution < 1.29 is 23.1 Å². The Morgan fingerprint density at radius 3 is 2.32 bits per heavy atom. The number of nitrogens with one attached hydrogen (secondary N) is 1. The first-order chi connectivity index (χ1) is 11.9. The van der Waals surface area contributed by atoms with E-state index < -0.39 is 33.7 Å². The van der Waals surface area contributed by atoms with Crippen LogP contribution in [-0.2, 0) is 19.4 Å². The maximum atomic E-state index is 12.4. The number of amides is 1. The Labute approximate surface area is 145 Å². The van der Waals surface area contributed by atoms with E-state index in [0.717, 1.165) is 10.8 Å². The van der Waals surface area contributed by atoms with E-state index in [1.165, 1.54) is 0 Å². The largest absolute Gasteiger partial charge is 0.479 e. The van der Waals surface area contributed by atoms with E-state index in [0.29, 0.717) is 5.56 Å². The van der Waals surface area contributed by atoms with Crippen LogP contribution in [0.3, 0.4) is 0 Å². The monoisotopic (exact) mass is 361 g/mol. The number of rotatable bonds is 4. The molecule has 1 aliphatic rings. The minimum atomic E-state index is -3.07. The van der Waals surface area contributed by atoms with E-state index in [2.05, 4.69) is 5.32 Å².